The average molecular weight is 283 g/mol. The topological polar surface area (TPSA) is 92.8 Å². The third-order valence-corrected chi connectivity index (χ3v) is 2.75. The number of fused-ring (bicyclic) bond motifs is 1. The fourth-order valence-corrected chi connectivity index (χ4v) is 1.81. The maximum Gasteiger partial charge on any atom is 0.317 e. The Morgan fingerprint density at radius 1 is 1.29 bits per heavy atom. The van der Waals surface area contributed by atoms with Gasteiger partial charge < -0.3 is 9.72 Å². The number of nitrogens with one attached hydrogen (secondary N) is 2. The van der Waals surface area contributed by atoms with Crippen molar-refractivity contribution in [1.82, 2.24) is 19.9 Å². The van der Waals surface area contributed by atoms with Crippen molar-refractivity contribution in [3.63, 3.8) is 0 Å². The molecule has 0 aliphatic heterocycles. The van der Waals surface area contributed by atoms with Crippen molar-refractivity contribution >= 4 is 22.9 Å². The number of imidazole rings is 1. The first-order chi connectivity index (χ1) is 10.2. The minimum atomic E-state index is -0.334. The summed E-state index contributed by atoms with van der Waals surface area (Å²) < 4.78 is 5.22. The molecule has 7 heteroatoms. The van der Waals surface area contributed by atoms with Gasteiger partial charge in [0.05, 0.1) is 11.0 Å². The molecule has 0 saturated heterocycles. The van der Waals surface area contributed by atoms with Gasteiger partial charge in [-0.1, -0.05) is 12.1 Å². The number of carbonyl (C=O) groups is 1. The summed E-state index contributed by atoms with van der Waals surface area (Å²) in [4.78, 5) is 27.0. The number of rotatable bonds is 4. The van der Waals surface area contributed by atoms with Crippen molar-refractivity contribution in [2.45, 2.75) is 6.92 Å². The minimum absolute atomic E-state index is 0.176. The standard InChI is InChI=1S/C14H13N5O2/c1-9-6-7-15-14(16-9)21-8-12(20)19-13-17-10-4-2-3-5-11(10)18-13/h2-7H,8H2,1H3,(H2,17,18,19,20). The van der Waals surface area contributed by atoms with Crippen LogP contribution in [0, 0.1) is 6.92 Å². The number of aryl methyl sites for hydroxylation is 1. The van der Waals surface area contributed by atoms with E-state index in [1.54, 1.807) is 12.3 Å². The lowest BCUT2D eigenvalue weighted by Crippen LogP contribution is -2.21. The van der Waals surface area contributed by atoms with Crippen LogP contribution in [0.5, 0.6) is 6.01 Å². The molecular formula is C14H13N5O2. The highest BCUT2D eigenvalue weighted by molar-refractivity contribution is 5.92. The third-order valence-electron chi connectivity index (χ3n) is 2.75. The van der Waals surface area contributed by atoms with Crippen LogP contribution in [-0.2, 0) is 4.79 Å². The van der Waals surface area contributed by atoms with E-state index in [9.17, 15) is 4.79 Å². The number of carbonyl (C=O) groups excluding carboxylic acids is 1. The van der Waals surface area contributed by atoms with Gasteiger partial charge in [0.1, 0.15) is 0 Å². The van der Waals surface area contributed by atoms with Gasteiger partial charge in [0.25, 0.3) is 5.91 Å². The Kier molecular flexibility index (Phi) is 3.46. The van der Waals surface area contributed by atoms with Crippen LogP contribution < -0.4 is 10.1 Å². The molecule has 3 aromatic rings. The maximum absolute atomic E-state index is 11.8. The SMILES string of the molecule is Cc1ccnc(OCC(=O)Nc2nc3ccccc3[nH]2)n1. The van der Waals surface area contributed by atoms with Gasteiger partial charge >= 0.3 is 6.01 Å². The highest BCUT2D eigenvalue weighted by Gasteiger charge is 2.08. The summed E-state index contributed by atoms with van der Waals surface area (Å²) in [5, 5.41) is 2.63. The Morgan fingerprint density at radius 2 is 2.14 bits per heavy atom. The fraction of sp³-hybridized carbons (Fsp3) is 0.143. The molecule has 1 amide bonds. The number of nitrogens with zero attached hydrogens (tertiary/aromatic N) is 3. The van der Waals surface area contributed by atoms with Gasteiger partial charge in [-0.3, -0.25) is 10.1 Å². The summed E-state index contributed by atoms with van der Waals surface area (Å²) in [6.45, 7) is 1.64. The normalized spacial score (nSPS) is 10.5. The summed E-state index contributed by atoms with van der Waals surface area (Å²) in [5.74, 6) is 0.0501. The second-order valence-corrected chi connectivity index (χ2v) is 4.42. The molecule has 1 aromatic carbocycles. The van der Waals surface area contributed by atoms with Crippen LogP contribution in [0.15, 0.2) is 36.5 Å². The molecule has 21 heavy (non-hydrogen) atoms. The maximum atomic E-state index is 11.8. The molecule has 106 valence electrons. The Hall–Kier alpha value is -2.96. The fourth-order valence-electron chi connectivity index (χ4n) is 1.81. The van der Waals surface area contributed by atoms with Gasteiger partial charge in [0, 0.05) is 11.9 Å². The van der Waals surface area contributed by atoms with E-state index in [0.29, 0.717) is 5.95 Å². The van der Waals surface area contributed by atoms with Crippen LogP contribution in [0.4, 0.5) is 5.95 Å². The monoisotopic (exact) mass is 283 g/mol. The first-order valence-corrected chi connectivity index (χ1v) is 6.38. The second kappa shape index (κ2) is 5.58. The Bertz CT molecular complexity index is 751. The smallest absolute Gasteiger partial charge is 0.317 e. The number of benzene rings is 1. The molecule has 0 unspecified atom stereocenters. The van der Waals surface area contributed by atoms with Gasteiger partial charge in [-0.2, -0.15) is 0 Å². The average Bonchev–Trinajstić information content (AvgIpc) is 2.87. The van der Waals surface area contributed by atoms with E-state index in [1.165, 1.54) is 0 Å². The Morgan fingerprint density at radius 3 is 2.95 bits per heavy atom. The van der Waals surface area contributed by atoms with Crippen LogP contribution in [0.2, 0.25) is 0 Å². The first kappa shape index (κ1) is 13.0. The first-order valence-electron chi connectivity index (χ1n) is 6.38. The molecule has 7 nitrogen and oxygen atoms in total. The van der Waals surface area contributed by atoms with E-state index in [1.807, 2.05) is 31.2 Å². The number of amides is 1. The van der Waals surface area contributed by atoms with Crippen molar-refractivity contribution in [3.8, 4) is 6.01 Å². The number of anilines is 1. The molecule has 0 saturated carbocycles. The molecule has 0 atom stereocenters. The van der Waals surface area contributed by atoms with E-state index in [-0.39, 0.29) is 18.5 Å². The number of hydrogen-bond acceptors (Lipinski definition) is 5. The zero-order valence-corrected chi connectivity index (χ0v) is 11.3. The van der Waals surface area contributed by atoms with Crippen LogP contribution in [-0.4, -0.2) is 32.4 Å². The molecule has 0 fully saturated rings. The van der Waals surface area contributed by atoms with Crippen molar-refractivity contribution in [2.24, 2.45) is 0 Å². The van der Waals surface area contributed by atoms with Crippen LogP contribution in [0.25, 0.3) is 11.0 Å². The number of aromatic nitrogens is 4. The summed E-state index contributed by atoms with van der Waals surface area (Å²) in [7, 11) is 0. The van der Waals surface area contributed by atoms with Gasteiger partial charge in [-0.15, -0.1) is 0 Å². The van der Waals surface area contributed by atoms with E-state index in [0.717, 1.165) is 16.7 Å². The molecule has 0 bridgehead atoms. The molecule has 0 aliphatic carbocycles. The molecule has 0 spiro atoms. The van der Waals surface area contributed by atoms with Gasteiger partial charge in [0.15, 0.2) is 6.61 Å². The zero-order valence-electron chi connectivity index (χ0n) is 11.3. The molecule has 2 N–H and O–H groups in total. The lowest BCUT2D eigenvalue weighted by Gasteiger charge is -2.04. The molecular weight excluding hydrogens is 270 g/mol. The number of hydrogen-bond donors (Lipinski definition) is 2. The minimum Gasteiger partial charge on any atom is -0.453 e. The molecule has 2 aromatic heterocycles. The Balaban J connectivity index is 1.61. The highest BCUT2D eigenvalue weighted by atomic mass is 16.5. The molecule has 0 aliphatic rings. The second-order valence-electron chi connectivity index (χ2n) is 4.42. The lowest BCUT2D eigenvalue weighted by molar-refractivity contribution is -0.118. The van der Waals surface area contributed by atoms with E-state index in [2.05, 4.69) is 25.3 Å². The van der Waals surface area contributed by atoms with Crippen LogP contribution >= 0.6 is 0 Å². The van der Waals surface area contributed by atoms with Crippen LogP contribution in [0.1, 0.15) is 5.69 Å². The Labute approximate surface area is 120 Å². The number of ether oxygens (including phenoxy) is 1. The van der Waals surface area contributed by atoms with Crippen LogP contribution in [0.3, 0.4) is 0 Å². The highest BCUT2D eigenvalue weighted by Crippen LogP contribution is 2.13. The third kappa shape index (κ3) is 3.14. The van der Waals surface area contributed by atoms with Crippen molar-refractivity contribution in [3.05, 3.63) is 42.2 Å². The summed E-state index contributed by atoms with van der Waals surface area (Å²) in [6.07, 6.45) is 1.58. The van der Waals surface area contributed by atoms with Gasteiger partial charge in [-0.05, 0) is 25.1 Å². The van der Waals surface area contributed by atoms with Crippen molar-refractivity contribution in [2.75, 3.05) is 11.9 Å². The van der Waals surface area contributed by atoms with E-state index >= 15 is 0 Å². The molecule has 3 rings (SSSR count). The molecule has 2 heterocycles. The van der Waals surface area contributed by atoms with Gasteiger partial charge in [-0.25, -0.2) is 15.0 Å². The predicted molar refractivity (Wildman–Crippen MR) is 77.0 cm³/mol. The molecule has 0 radical (unpaired) electrons. The number of aromatic amines is 1. The number of H-pyrrole nitrogens is 1. The quantitative estimate of drug-likeness (QED) is 0.760. The summed E-state index contributed by atoms with van der Waals surface area (Å²) in [6, 6.07) is 9.45. The lowest BCUT2D eigenvalue weighted by atomic mass is 10.3. The van der Waals surface area contributed by atoms with Crippen molar-refractivity contribution in [1.29, 1.82) is 0 Å². The summed E-state index contributed by atoms with van der Waals surface area (Å²) >= 11 is 0. The van der Waals surface area contributed by atoms with Crippen molar-refractivity contribution < 1.29 is 9.53 Å². The number of para-hydroxylation sites is 2. The predicted octanol–water partition coefficient (Wildman–Crippen LogP) is 1.68. The summed E-state index contributed by atoms with van der Waals surface area (Å²) in [5.41, 5.74) is 2.42. The van der Waals surface area contributed by atoms with Gasteiger partial charge in [0.2, 0.25) is 5.95 Å². The zero-order chi connectivity index (χ0) is 14.7. The largest absolute Gasteiger partial charge is 0.453 e. The van der Waals surface area contributed by atoms with E-state index in [4.69, 9.17) is 4.74 Å². The van der Waals surface area contributed by atoms with E-state index < -0.39 is 0 Å².